The van der Waals surface area contributed by atoms with E-state index in [4.69, 9.17) is 5.11 Å². The van der Waals surface area contributed by atoms with E-state index in [1.807, 2.05) is 0 Å². The van der Waals surface area contributed by atoms with Gasteiger partial charge in [0.2, 0.25) is 0 Å². The Labute approximate surface area is 118 Å². The number of non-ortho nitro benzene ring substituents is 1. The van der Waals surface area contributed by atoms with Gasteiger partial charge in [-0.05, 0) is 18.6 Å². The van der Waals surface area contributed by atoms with Crippen molar-refractivity contribution in [1.29, 1.82) is 0 Å². The van der Waals surface area contributed by atoms with Crippen LogP contribution < -0.4 is 0 Å². The molecule has 0 bridgehead atoms. The number of carboxylic acids is 1. The number of carboxylic acid groups (broad SMARTS) is 1. The van der Waals surface area contributed by atoms with Crippen molar-refractivity contribution in [2.45, 2.75) is 13.0 Å². The van der Waals surface area contributed by atoms with Crippen LogP contribution in [-0.4, -0.2) is 44.5 Å². The lowest BCUT2D eigenvalue weighted by atomic mass is 10.1. The van der Waals surface area contributed by atoms with Gasteiger partial charge in [-0.25, -0.2) is 4.79 Å². The summed E-state index contributed by atoms with van der Waals surface area (Å²) < 4.78 is 0. The van der Waals surface area contributed by atoms with Crippen LogP contribution in [0.5, 0.6) is 0 Å². The third-order valence-corrected chi connectivity index (χ3v) is 3.96. The number of thioether (sulfide) groups is 1. The molecule has 0 spiro atoms. The van der Waals surface area contributed by atoms with Crippen molar-refractivity contribution in [3.63, 3.8) is 0 Å². The van der Waals surface area contributed by atoms with Gasteiger partial charge in [-0.1, -0.05) is 0 Å². The van der Waals surface area contributed by atoms with Crippen molar-refractivity contribution >= 4 is 29.3 Å². The van der Waals surface area contributed by atoms with Gasteiger partial charge in [-0.15, -0.1) is 11.8 Å². The molecule has 0 aromatic heterocycles. The van der Waals surface area contributed by atoms with Crippen LogP contribution in [0.1, 0.15) is 15.9 Å². The lowest BCUT2D eigenvalue weighted by Gasteiger charge is -2.20. The van der Waals surface area contributed by atoms with Crippen molar-refractivity contribution in [2.24, 2.45) is 0 Å². The van der Waals surface area contributed by atoms with E-state index in [0.29, 0.717) is 11.3 Å². The summed E-state index contributed by atoms with van der Waals surface area (Å²) in [6.45, 7) is 1.65. The summed E-state index contributed by atoms with van der Waals surface area (Å²) in [4.78, 5) is 34.8. The first-order valence-electron chi connectivity index (χ1n) is 5.77. The van der Waals surface area contributed by atoms with Gasteiger partial charge >= 0.3 is 5.97 Å². The number of rotatable bonds is 3. The second-order valence-corrected chi connectivity index (χ2v) is 5.44. The second-order valence-electron chi connectivity index (χ2n) is 4.44. The predicted molar refractivity (Wildman–Crippen MR) is 72.8 cm³/mol. The molecule has 7 nitrogen and oxygen atoms in total. The fraction of sp³-hybridized carbons (Fsp3) is 0.333. The van der Waals surface area contributed by atoms with Crippen molar-refractivity contribution in [3.05, 3.63) is 39.4 Å². The zero-order valence-corrected chi connectivity index (χ0v) is 11.4. The standard InChI is InChI=1S/C12H12N2O5S/c1-7-2-8(4-9(3-7)14(18)19)11(15)13-6-20-5-10(13)12(16)17/h2-4,10H,5-6H2,1H3,(H,16,17). The Morgan fingerprint density at radius 3 is 2.75 bits per heavy atom. The summed E-state index contributed by atoms with van der Waals surface area (Å²) in [5, 5.41) is 19.9. The summed E-state index contributed by atoms with van der Waals surface area (Å²) >= 11 is 1.35. The first-order chi connectivity index (χ1) is 9.40. The van der Waals surface area contributed by atoms with Gasteiger partial charge in [0.05, 0.1) is 10.8 Å². The number of nitro benzene ring substituents is 1. The van der Waals surface area contributed by atoms with Gasteiger partial charge in [-0.3, -0.25) is 14.9 Å². The van der Waals surface area contributed by atoms with Crippen LogP contribution in [0.25, 0.3) is 0 Å². The maximum atomic E-state index is 12.3. The lowest BCUT2D eigenvalue weighted by molar-refractivity contribution is -0.384. The Balaban J connectivity index is 2.33. The van der Waals surface area contributed by atoms with E-state index in [1.165, 1.54) is 34.9 Å². The number of benzene rings is 1. The normalized spacial score (nSPS) is 18.1. The monoisotopic (exact) mass is 296 g/mol. The Morgan fingerprint density at radius 1 is 1.45 bits per heavy atom. The van der Waals surface area contributed by atoms with E-state index in [0.717, 1.165) is 0 Å². The van der Waals surface area contributed by atoms with Crippen molar-refractivity contribution in [1.82, 2.24) is 4.90 Å². The molecule has 20 heavy (non-hydrogen) atoms. The highest BCUT2D eigenvalue weighted by atomic mass is 32.2. The topological polar surface area (TPSA) is 101 Å². The summed E-state index contributed by atoms with van der Waals surface area (Å²) in [6.07, 6.45) is 0. The zero-order chi connectivity index (χ0) is 14.9. The lowest BCUT2D eigenvalue weighted by Crippen LogP contribution is -2.41. The molecular weight excluding hydrogens is 284 g/mol. The molecule has 1 aliphatic rings. The number of nitro groups is 1. The number of carbonyl (C=O) groups excluding carboxylic acids is 1. The number of amides is 1. The number of nitrogens with zero attached hydrogens (tertiary/aromatic N) is 2. The predicted octanol–water partition coefficient (Wildman–Crippen LogP) is 1.50. The SMILES string of the molecule is Cc1cc(C(=O)N2CSCC2C(=O)O)cc([N+](=O)[O-])c1. The molecule has 1 aromatic rings. The number of hydrogen-bond donors (Lipinski definition) is 1. The summed E-state index contributed by atoms with van der Waals surface area (Å²) in [5.41, 5.74) is 0.554. The average molecular weight is 296 g/mol. The van der Waals surface area contributed by atoms with Crippen LogP contribution in [0.2, 0.25) is 0 Å². The Hall–Kier alpha value is -2.09. The smallest absolute Gasteiger partial charge is 0.327 e. The minimum atomic E-state index is -1.06. The van der Waals surface area contributed by atoms with Crippen LogP contribution in [0, 0.1) is 17.0 Å². The van der Waals surface area contributed by atoms with E-state index < -0.39 is 22.8 Å². The van der Waals surface area contributed by atoms with Crippen LogP contribution in [0.15, 0.2) is 18.2 Å². The van der Waals surface area contributed by atoms with Gasteiger partial charge < -0.3 is 10.0 Å². The molecule has 1 atom stereocenters. The van der Waals surface area contributed by atoms with Crippen LogP contribution in [-0.2, 0) is 4.79 Å². The molecule has 1 unspecified atom stereocenters. The zero-order valence-electron chi connectivity index (χ0n) is 10.6. The molecule has 2 rings (SSSR count). The first kappa shape index (κ1) is 14.3. The highest BCUT2D eigenvalue weighted by Crippen LogP contribution is 2.25. The van der Waals surface area contributed by atoms with Crippen LogP contribution in [0.4, 0.5) is 5.69 Å². The van der Waals surface area contributed by atoms with Crippen LogP contribution >= 0.6 is 11.8 Å². The summed E-state index contributed by atoms with van der Waals surface area (Å²) in [5.74, 6) is -0.952. The first-order valence-corrected chi connectivity index (χ1v) is 6.93. The highest BCUT2D eigenvalue weighted by molar-refractivity contribution is 7.99. The number of carbonyl (C=O) groups is 2. The molecule has 1 N–H and O–H groups in total. The maximum absolute atomic E-state index is 12.3. The molecule has 0 radical (unpaired) electrons. The number of aliphatic carboxylic acids is 1. The van der Waals surface area contributed by atoms with E-state index in [2.05, 4.69) is 0 Å². The molecule has 1 aromatic carbocycles. The van der Waals surface area contributed by atoms with Crippen molar-refractivity contribution < 1.29 is 19.6 Å². The maximum Gasteiger partial charge on any atom is 0.327 e. The Morgan fingerprint density at radius 2 is 2.15 bits per heavy atom. The van der Waals surface area contributed by atoms with Gasteiger partial charge in [-0.2, -0.15) is 0 Å². The molecule has 106 valence electrons. The summed E-state index contributed by atoms with van der Waals surface area (Å²) in [7, 11) is 0. The number of aryl methyl sites for hydroxylation is 1. The van der Waals surface area contributed by atoms with Gasteiger partial charge in [0.15, 0.2) is 0 Å². The molecule has 1 heterocycles. The van der Waals surface area contributed by atoms with Crippen molar-refractivity contribution in [2.75, 3.05) is 11.6 Å². The largest absolute Gasteiger partial charge is 0.480 e. The Bertz CT molecular complexity index is 589. The van der Waals surface area contributed by atoms with Gasteiger partial charge in [0.25, 0.3) is 11.6 Å². The van der Waals surface area contributed by atoms with E-state index in [9.17, 15) is 19.7 Å². The molecule has 0 aliphatic carbocycles. The number of hydrogen-bond acceptors (Lipinski definition) is 5. The molecular formula is C12H12N2O5S. The average Bonchev–Trinajstić information content (AvgIpc) is 2.86. The van der Waals surface area contributed by atoms with E-state index in [1.54, 1.807) is 6.92 Å². The summed E-state index contributed by atoms with van der Waals surface area (Å²) in [6, 6.07) is 3.19. The molecule has 8 heteroatoms. The van der Waals surface area contributed by atoms with E-state index >= 15 is 0 Å². The highest BCUT2D eigenvalue weighted by Gasteiger charge is 2.35. The fourth-order valence-corrected chi connectivity index (χ4v) is 3.15. The van der Waals surface area contributed by atoms with Gasteiger partial charge in [0, 0.05) is 23.4 Å². The molecule has 1 amide bonds. The second kappa shape index (κ2) is 5.49. The Kier molecular flexibility index (Phi) is 3.93. The van der Waals surface area contributed by atoms with Gasteiger partial charge in [0.1, 0.15) is 6.04 Å². The minimum Gasteiger partial charge on any atom is -0.480 e. The quantitative estimate of drug-likeness (QED) is 0.670. The fourth-order valence-electron chi connectivity index (χ4n) is 2.00. The molecule has 1 saturated heterocycles. The molecule has 0 saturated carbocycles. The molecule has 1 aliphatic heterocycles. The van der Waals surface area contributed by atoms with E-state index in [-0.39, 0.29) is 17.1 Å². The molecule has 1 fully saturated rings. The third kappa shape index (κ3) is 2.74. The van der Waals surface area contributed by atoms with Crippen molar-refractivity contribution in [3.8, 4) is 0 Å². The van der Waals surface area contributed by atoms with Crippen LogP contribution in [0.3, 0.4) is 0 Å². The minimum absolute atomic E-state index is 0.144. The third-order valence-electron chi connectivity index (χ3n) is 2.95.